The molecular formula is C20H24N2O2. The fraction of sp³-hybridized carbons (Fsp3) is 0.400. The highest BCUT2D eigenvalue weighted by atomic mass is 16.5. The van der Waals surface area contributed by atoms with E-state index >= 15 is 0 Å². The van der Waals surface area contributed by atoms with Gasteiger partial charge in [-0.2, -0.15) is 0 Å². The molecule has 0 saturated carbocycles. The molecule has 1 fully saturated rings. The summed E-state index contributed by atoms with van der Waals surface area (Å²) >= 11 is 0. The van der Waals surface area contributed by atoms with Gasteiger partial charge >= 0.3 is 0 Å². The minimum atomic E-state index is 0.0235. The van der Waals surface area contributed by atoms with Gasteiger partial charge in [-0.1, -0.05) is 24.6 Å². The van der Waals surface area contributed by atoms with Crippen LogP contribution in [0.3, 0.4) is 0 Å². The van der Waals surface area contributed by atoms with Crippen molar-refractivity contribution >= 4 is 5.91 Å². The molecule has 1 aromatic carbocycles. The van der Waals surface area contributed by atoms with Crippen molar-refractivity contribution in [2.75, 3.05) is 20.2 Å². The van der Waals surface area contributed by atoms with Crippen LogP contribution in [0, 0.1) is 12.8 Å². The minimum absolute atomic E-state index is 0.0235. The number of carbonyl (C=O) groups excluding carboxylic acids is 1. The van der Waals surface area contributed by atoms with Gasteiger partial charge in [0, 0.05) is 18.7 Å². The van der Waals surface area contributed by atoms with E-state index in [2.05, 4.69) is 11.9 Å². The molecule has 1 amide bonds. The molecule has 4 nitrogen and oxygen atoms in total. The summed E-state index contributed by atoms with van der Waals surface area (Å²) in [5, 5.41) is 0. The number of aromatic nitrogens is 1. The normalized spacial score (nSPS) is 15.4. The van der Waals surface area contributed by atoms with Gasteiger partial charge in [-0.05, 0) is 49.9 Å². The van der Waals surface area contributed by atoms with Gasteiger partial charge in [-0.3, -0.25) is 4.79 Å². The van der Waals surface area contributed by atoms with Crippen LogP contribution in [0.1, 0.15) is 35.8 Å². The maximum Gasteiger partial charge on any atom is 0.272 e. The molecule has 0 unspecified atom stereocenters. The van der Waals surface area contributed by atoms with Gasteiger partial charge in [-0.15, -0.1) is 0 Å². The first-order valence-electron chi connectivity index (χ1n) is 8.50. The van der Waals surface area contributed by atoms with Crippen LogP contribution in [0.15, 0.2) is 36.4 Å². The summed E-state index contributed by atoms with van der Waals surface area (Å²) < 4.78 is 5.45. The van der Waals surface area contributed by atoms with E-state index in [9.17, 15) is 4.79 Å². The van der Waals surface area contributed by atoms with E-state index in [0.717, 1.165) is 48.5 Å². The second-order valence-corrected chi connectivity index (χ2v) is 6.59. The van der Waals surface area contributed by atoms with Crippen molar-refractivity contribution in [1.29, 1.82) is 0 Å². The number of ether oxygens (including phenoxy) is 1. The number of pyridine rings is 1. The average molecular weight is 324 g/mol. The lowest BCUT2D eigenvalue weighted by molar-refractivity contribution is 0.0691. The first kappa shape index (κ1) is 16.5. The Kier molecular flexibility index (Phi) is 4.84. The summed E-state index contributed by atoms with van der Waals surface area (Å²) in [6.07, 6.45) is 2.13. The predicted octanol–water partition coefficient (Wildman–Crippen LogP) is 3.94. The lowest BCUT2D eigenvalue weighted by atomic mass is 9.99. The molecule has 1 aliphatic heterocycles. The number of amides is 1. The van der Waals surface area contributed by atoms with Gasteiger partial charge in [0.05, 0.1) is 12.8 Å². The number of benzene rings is 1. The van der Waals surface area contributed by atoms with Crippen LogP contribution in [0.2, 0.25) is 0 Å². The van der Waals surface area contributed by atoms with Crippen LogP contribution in [0.25, 0.3) is 11.3 Å². The number of methoxy groups -OCH3 is 1. The monoisotopic (exact) mass is 324 g/mol. The Bertz CT molecular complexity index is 734. The van der Waals surface area contributed by atoms with Gasteiger partial charge in [-0.25, -0.2) is 4.98 Å². The Morgan fingerprint density at radius 2 is 1.96 bits per heavy atom. The number of carbonyl (C=O) groups is 1. The van der Waals surface area contributed by atoms with Crippen molar-refractivity contribution in [1.82, 2.24) is 9.88 Å². The van der Waals surface area contributed by atoms with E-state index < -0.39 is 0 Å². The highest BCUT2D eigenvalue weighted by Gasteiger charge is 2.22. The average Bonchev–Trinajstić information content (AvgIpc) is 2.62. The van der Waals surface area contributed by atoms with Gasteiger partial charge in [0.2, 0.25) is 0 Å². The second kappa shape index (κ2) is 7.04. The Morgan fingerprint density at radius 3 is 2.67 bits per heavy atom. The molecule has 0 atom stereocenters. The number of aryl methyl sites for hydroxylation is 1. The third-order valence-corrected chi connectivity index (χ3v) is 4.67. The molecule has 0 radical (unpaired) electrons. The molecule has 2 heterocycles. The Balaban J connectivity index is 1.89. The third-order valence-electron chi connectivity index (χ3n) is 4.67. The molecule has 24 heavy (non-hydrogen) atoms. The number of hydrogen-bond donors (Lipinski definition) is 0. The van der Waals surface area contributed by atoms with E-state index in [-0.39, 0.29) is 5.91 Å². The summed E-state index contributed by atoms with van der Waals surface area (Å²) in [4.78, 5) is 19.3. The van der Waals surface area contributed by atoms with Gasteiger partial charge in [0.25, 0.3) is 5.91 Å². The van der Waals surface area contributed by atoms with Crippen LogP contribution in [0.5, 0.6) is 5.75 Å². The second-order valence-electron chi connectivity index (χ2n) is 6.59. The van der Waals surface area contributed by atoms with Gasteiger partial charge in [0.15, 0.2) is 0 Å². The molecule has 4 heteroatoms. The molecule has 126 valence electrons. The van der Waals surface area contributed by atoms with Gasteiger partial charge < -0.3 is 9.64 Å². The van der Waals surface area contributed by atoms with Crippen molar-refractivity contribution in [3.8, 4) is 17.0 Å². The van der Waals surface area contributed by atoms with Crippen molar-refractivity contribution in [3.05, 3.63) is 47.7 Å². The molecule has 2 aromatic rings. The van der Waals surface area contributed by atoms with Crippen LogP contribution < -0.4 is 4.74 Å². The zero-order valence-electron chi connectivity index (χ0n) is 14.6. The topological polar surface area (TPSA) is 42.4 Å². The molecule has 0 aliphatic carbocycles. The van der Waals surface area contributed by atoms with E-state index in [1.54, 1.807) is 13.2 Å². The molecule has 1 saturated heterocycles. The highest BCUT2D eigenvalue weighted by Crippen LogP contribution is 2.30. The minimum Gasteiger partial charge on any atom is -0.496 e. The van der Waals surface area contributed by atoms with E-state index in [4.69, 9.17) is 4.74 Å². The van der Waals surface area contributed by atoms with E-state index in [0.29, 0.717) is 11.6 Å². The van der Waals surface area contributed by atoms with Gasteiger partial charge in [0.1, 0.15) is 11.4 Å². The maximum atomic E-state index is 12.7. The quantitative estimate of drug-likeness (QED) is 0.859. The number of hydrogen-bond acceptors (Lipinski definition) is 3. The fourth-order valence-corrected chi connectivity index (χ4v) is 3.10. The smallest absolute Gasteiger partial charge is 0.272 e. The standard InChI is InChI=1S/C20H24N2O2/c1-14-9-11-22(12-10-14)20(23)18-6-4-5-17(21-18)16-13-15(2)7-8-19(16)24-3/h4-8,13-14H,9-12H2,1-3H3. The number of likely N-dealkylation sites (tertiary alicyclic amines) is 1. The number of nitrogens with zero attached hydrogens (tertiary/aromatic N) is 2. The third kappa shape index (κ3) is 3.42. The summed E-state index contributed by atoms with van der Waals surface area (Å²) in [6, 6.07) is 11.6. The summed E-state index contributed by atoms with van der Waals surface area (Å²) in [6.45, 7) is 5.91. The molecule has 1 aromatic heterocycles. The van der Waals surface area contributed by atoms with Crippen molar-refractivity contribution in [2.24, 2.45) is 5.92 Å². The van der Waals surface area contributed by atoms with Crippen molar-refractivity contribution < 1.29 is 9.53 Å². The molecule has 3 rings (SSSR count). The van der Waals surface area contributed by atoms with E-state index in [1.165, 1.54) is 0 Å². The zero-order valence-corrected chi connectivity index (χ0v) is 14.6. The highest BCUT2D eigenvalue weighted by molar-refractivity contribution is 5.93. The molecular weight excluding hydrogens is 300 g/mol. The maximum absolute atomic E-state index is 12.7. The summed E-state index contributed by atoms with van der Waals surface area (Å²) in [5.41, 5.74) is 3.33. The number of rotatable bonds is 3. The predicted molar refractivity (Wildman–Crippen MR) is 95.3 cm³/mol. The van der Waals surface area contributed by atoms with Crippen LogP contribution >= 0.6 is 0 Å². The molecule has 0 bridgehead atoms. The first-order chi connectivity index (χ1) is 11.6. The lowest BCUT2D eigenvalue weighted by Crippen LogP contribution is -2.38. The Labute approximate surface area is 143 Å². The molecule has 0 N–H and O–H groups in total. The Morgan fingerprint density at radius 1 is 1.21 bits per heavy atom. The molecule has 1 aliphatic rings. The van der Waals surface area contributed by atoms with Crippen molar-refractivity contribution in [3.63, 3.8) is 0 Å². The van der Waals surface area contributed by atoms with Crippen molar-refractivity contribution in [2.45, 2.75) is 26.7 Å². The van der Waals surface area contributed by atoms with E-state index in [1.807, 2.05) is 42.2 Å². The SMILES string of the molecule is COc1ccc(C)cc1-c1cccc(C(=O)N2CCC(C)CC2)n1. The van der Waals surface area contributed by atoms with Crippen LogP contribution in [-0.2, 0) is 0 Å². The number of piperidine rings is 1. The summed E-state index contributed by atoms with van der Waals surface area (Å²) in [7, 11) is 1.65. The largest absolute Gasteiger partial charge is 0.496 e. The zero-order chi connectivity index (χ0) is 17.1. The first-order valence-corrected chi connectivity index (χ1v) is 8.50. The summed E-state index contributed by atoms with van der Waals surface area (Å²) in [5.74, 6) is 1.49. The lowest BCUT2D eigenvalue weighted by Gasteiger charge is -2.30. The van der Waals surface area contributed by atoms with Crippen LogP contribution in [0.4, 0.5) is 0 Å². The Hall–Kier alpha value is -2.36. The van der Waals surface area contributed by atoms with Crippen LogP contribution in [-0.4, -0.2) is 36.0 Å². The molecule has 0 spiro atoms. The fourth-order valence-electron chi connectivity index (χ4n) is 3.10.